The summed E-state index contributed by atoms with van der Waals surface area (Å²) < 4.78 is 2.07. The fourth-order valence-electron chi connectivity index (χ4n) is 3.06. The van der Waals surface area contributed by atoms with E-state index in [0.29, 0.717) is 10.1 Å². The molecule has 0 aliphatic carbocycles. The number of aryl methyl sites for hydroxylation is 3. The maximum atomic E-state index is 12.4. The van der Waals surface area contributed by atoms with Gasteiger partial charge in [0.25, 0.3) is 5.91 Å². The molecule has 0 spiro atoms. The normalized spacial score (nSPS) is 17.4. The van der Waals surface area contributed by atoms with E-state index < -0.39 is 0 Å². The second kappa shape index (κ2) is 6.50. The van der Waals surface area contributed by atoms with E-state index in [2.05, 4.69) is 33.1 Å². The largest absolute Gasteiger partial charge is 0.350 e. The monoisotopic (exact) mass is 361 g/mol. The van der Waals surface area contributed by atoms with E-state index in [1.54, 1.807) is 0 Å². The highest BCUT2D eigenvalue weighted by molar-refractivity contribution is 8.18. The summed E-state index contributed by atoms with van der Waals surface area (Å²) in [4.78, 5) is 17.7. The van der Waals surface area contributed by atoms with Crippen LogP contribution in [0, 0.1) is 13.8 Å². The third-order valence-electron chi connectivity index (χ3n) is 4.45. The maximum Gasteiger partial charge on any atom is 0.264 e. The molecule has 0 unspecified atom stereocenters. The number of hydrogen-bond acceptors (Lipinski definition) is 3. The Bertz CT molecular complexity index is 1090. The lowest BCUT2D eigenvalue weighted by Crippen LogP contribution is -2.19. The van der Waals surface area contributed by atoms with E-state index in [0.717, 1.165) is 33.3 Å². The molecule has 4 rings (SSSR count). The molecule has 0 saturated carbocycles. The first-order valence-electron chi connectivity index (χ1n) is 8.42. The van der Waals surface area contributed by atoms with E-state index in [1.807, 2.05) is 57.4 Å². The van der Waals surface area contributed by atoms with E-state index in [-0.39, 0.29) is 5.91 Å². The average Bonchev–Trinajstić information content (AvgIpc) is 3.12. The van der Waals surface area contributed by atoms with Crippen LogP contribution in [-0.4, -0.2) is 15.6 Å². The SMILES string of the molecule is Cc1ccc(C)c(N=C2NC(=O)C(=Cc3cn(C)c4ccccc34)S2)c1. The molecule has 3 aromatic rings. The van der Waals surface area contributed by atoms with Gasteiger partial charge in [0.05, 0.1) is 10.6 Å². The molecule has 0 atom stereocenters. The molecule has 2 heterocycles. The van der Waals surface area contributed by atoms with Crippen molar-refractivity contribution >= 4 is 45.5 Å². The summed E-state index contributed by atoms with van der Waals surface area (Å²) in [6.45, 7) is 4.06. The van der Waals surface area contributed by atoms with Gasteiger partial charge in [-0.05, 0) is 54.9 Å². The van der Waals surface area contributed by atoms with Gasteiger partial charge in [0.15, 0.2) is 5.17 Å². The molecule has 1 saturated heterocycles. The number of carbonyl (C=O) groups excluding carboxylic acids is 1. The number of aliphatic imine (C=N–C) groups is 1. The molecule has 0 bridgehead atoms. The topological polar surface area (TPSA) is 46.4 Å². The van der Waals surface area contributed by atoms with Crippen molar-refractivity contribution in [1.29, 1.82) is 0 Å². The zero-order valence-electron chi connectivity index (χ0n) is 14.9. The number of para-hydroxylation sites is 1. The number of carbonyl (C=O) groups is 1. The van der Waals surface area contributed by atoms with Gasteiger partial charge in [0.1, 0.15) is 0 Å². The zero-order chi connectivity index (χ0) is 18.3. The lowest BCUT2D eigenvalue weighted by Gasteiger charge is -2.02. The first-order chi connectivity index (χ1) is 12.5. The van der Waals surface area contributed by atoms with Gasteiger partial charge in [-0.2, -0.15) is 0 Å². The first-order valence-corrected chi connectivity index (χ1v) is 9.24. The van der Waals surface area contributed by atoms with Crippen LogP contribution in [0.2, 0.25) is 0 Å². The highest BCUT2D eigenvalue weighted by Gasteiger charge is 2.24. The number of fused-ring (bicyclic) bond motifs is 1. The van der Waals surface area contributed by atoms with Gasteiger partial charge in [-0.3, -0.25) is 4.79 Å². The van der Waals surface area contributed by atoms with Gasteiger partial charge in [0.2, 0.25) is 0 Å². The molecule has 5 heteroatoms. The van der Waals surface area contributed by atoms with Crippen LogP contribution < -0.4 is 5.32 Å². The van der Waals surface area contributed by atoms with Crippen LogP contribution in [0.3, 0.4) is 0 Å². The maximum absolute atomic E-state index is 12.4. The number of nitrogens with one attached hydrogen (secondary N) is 1. The van der Waals surface area contributed by atoms with Gasteiger partial charge in [-0.15, -0.1) is 0 Å². The van der Waals surface area contributed by atoms with Crippen molar-refractivity contribution in [2.24, 2.45) is 12.0 Å². The minimum Gasteiger partial charge on any atom is -0.350 e. The van der Waals surface area contributed by atoms with Crippen molar-refractivity contribution in [2.45, 2.75) is 13.8 Å². The Morgan fingerprint density at radius 2 is 1.96 bits per heavy atom. The quantitative estimate of drug-likeness (QED) is 0.673. The van der Waals surface area contributed by atoms with Crippen molar-refractivity contribution in [1.82, 2.24) is 9.88 Å². The molecule has 26 heavy (non-hydrogen) atoms. The number of amides is 1. The Labute approximate surface area is 156 Å². The number of thioether (sulfide) groups is 1. The summed E-state index contributed by atoms with van der Waals surface area (Å²) in [7, 11) is 2.01. The molecular weight excluding hydrogens is 342 g/mol. The fraction of sp³-hybridized carbons (Fsp3) is 0.143. The predicted molar refractivity (Wildman–Crippen MR) is 110 cm³/mol. The van der Waals surface area contributed by atoms with Gasteiger partial charge in [-0.1, -0.05) is 30.3 Å². The number of amidine groups is 1. The zero-order valence-corrected chi connectivity index (χ0v) is 15.7. The average molecular weight is 361 g/mol. The third kappa shape index (κ3) is 3.06. The first kappa shape index (κ1) is 16.7. The molecule has 0 radical (unpaired) electrons. The summed E-state index contributed by atoms with van der Waals surface area (Å²) in [5.41, 5.74) is 5.31. The van der Waals surface area contributed by atoms with Crippen LogP contribution in [0.4, 0.5) is 5.69 Å². The number of nitrogens with zero attached hydrogens (tertiary/aromatic N) is 2. The third-order valence-corrected chi connectivity index (χ3v) is 5.36. The molecule has 1 aromatic heterocycles. The minimum absolute atomic E-state index is 0.105. The Morgan fingerprint density at radius 3 is 2.81 bits per heavy atom. The Balaban J connectivity index is 1.68. The second-order valence-electron chi connectivity index (χ2n) is 6.48. The lowest BCUT2D eigenvalue weighted by atomic mass is 10.1. The van der Waals surface area contributed by atoms with Crippen molar-refractivity contribution in [3.8, 4) is 0 Å². The molecular formula is C21H19N3OS. The molecule has 1 N–H and O–H groups in total. The van der Waals surface area contributed by atoms with Crippen LogP contribution >= 0.6 is 11.8 Å². The smallest absolute Gasteiger partial charge is 0.264 e. The molecule has 2 aromatic carbocycles. The van der Waals surface area contributed by atoms with Crippen LogP contribution in [0.15, 0.2) is 58.6 Å². The van der Waals surface area contributed by atoms with Crippen LogP contribution in [0.5, 0.6) is 0 Å². The number of benzene rings is 2. The van der Waals surface area contributed by atoms with E-state index in [1.165, 1.54) is 11.8 Å². The minimum atomic E-state index is -0.105. The molecule has 130 valence electrons. The van der Waals surface area contributed by atoms with Gasteiger partial charge in [0, 0.05) is 29.7 Å². The summed E-state index contributed by atoms with van der Waals surface area (Å²) in [5, 5.41) is 4.63. The molecule has 1 fully saturated rings. The van der Waals surface area contributed by atoms with Crippen LogP contribution in [-0.2, 0) is 11.8 Å². The lowest BCUT2D eigenvalue weighted by molar-refractivity contribution is -0.115. The van der Waals surface area contributed by atoms with Gasteiger partial charge in [-0.25, -0.2) is 4.99 Å². The molecule has 4 nitrogen and oxygen atoms in total. The predicted octanol–water partition coefficient (Wildman–Crippen LogP) is 4.69. The van der Waals surface area contributed by atoms with Crippen molar-refractivity contribution < 1.29 is 4.79 Å². The van der Waals surface area contributed by atoms with Crippen LogP contribution in [0.1, 0.15) is 16.7 Å². The van der Waals surface area contributed by atoms with Crippen molar-refractivity contribution in [3.63, 3.8) is 0 Å². The Morgan fingerprint density at radius 1 is 1.15 bits per heavy atom. The number of rotatable bonds is 2. The van der Waals surface area contributed by atoms with E-state index in [9.17, 15) is 4.79 Å². The molecule has 1 amide bonds. The second-order valence-corrected chi connectivity index (χ2v) is 7.51. The Hall–Kier alpha value is -2.79. The van der Waals surface area contributed by atoms with E-state index >= 15 is 0 Å². The number of hydrogen-bond donors (Lipinski definition) is 1. The van der Waals surface area contributed by atoms with Gasteiger partial charge < -0.3 is 9.88 Å². The van der Waals surface area contributed by atoms with Crippen molar-refractivity contribution in [2.75, 3.05) is 0 Å². The highest BCUT2D eigenvalue weighted by Crippen LogP contribution is 2.31. The number of aromatic nitrogens is 1. The molecule has 1 aliphatic heterocycles. The van der Waals surface area contributed by atoms with Gasteiger partial charge >= 0.3 is 0 Å². The van der Waals surface area contributed by atoms with Crippen LogP contribution in [0.25, 0.3) is 17.0 Å². The summed E-state index contributed by atoms with van der Waals surface area (Å²) in [5.74, 6) is -0.105. The summed E-state index contributed by atoms with van der Waals surface area (Å²) in [6.07, 6.45) is 3.99. The standard InChI is InChI=1S/C21H19N3OS/c1-13-8-9-14(2)17(10-13)22-21-23-20(25)19(26-21)11-15-12-24(3)18-7-5-4-6-16(15)18/h4-12H,1-3H3,(H,22,23,25). The summed E-state index contributed by atoms with van der Waals surface area (Å²) >= 11 is 1.38. The fourth-order valence-corrected chi connectivity index (χ4v) is 3.88. The molecule has 1 aliphatic rings. The van der Waals surface area contributed by atoms with E-state index in [4.69, 9.17) is 0 Å². The summed E-state index contributed by atoms with van der Waals surface area (Å²) in [6, 6.07) is 14.3. The Kier molecular flexibility index (Phi) is 4.17. The highest BCUT2D eigenvalue weighted by atomic mass is 32.2. The van der Waals surface area contributed by atoms with Crippen molar-refractivity contribution in [3.05, 3.63) is 70.3 Å².